The van der Waals surface area contributed by atoms with E-state index in [1.54, 1.807) is 35.3 Å². The van der Waals surface area contributed by atoms with E-state index in [9.17, 15) is 13.2 Å². The standard InChI is InChI=1S/C28H36N8O4S/c1-4-7-23-25-26(33-36(23)18-20-16-29-19-30-17-20)28(37)32-27(31-25)22-15-21(8-9-24(22)40-14-5-2)41(38,39)35-12-10-34(6-3)11-13-35/h8-9,15-17,19H,4-7,10-14,18H2,1-3H3,(H,31,32,37). The van der Waals surface area contributed by atoms with Gasteiger partial charge in [0.2, 0.25) is 10.0 Å². The van der Waals surface area contributed by atoms with Crippen LogP contribution in [0.25, 0.3) is 22.4 Å². The molecule has 1 aliphatic rings. The molecule has 0 saturated carbocycles. The fourth-order valence-electron chi connectivity index (χ4n) is 5.02. The van der Waals surface area contributed by atoms with E-state index in [-0.39, 0.29) is 16.2 Å². The number of likely N-dealkylation sites (N-methyl/N-ethyl adjacent to an activating group) is 1. The molecule has 0 spiro atoms. The molecule has 0 bridgehead atoms. The van der Waals surface area contributed by atoms with Crippen LogP contribution < -0.4 is 10.3 Å². The van der Waals surface area contributed by atoms with Gasteiger partial charge in [-0.3, -0.25) is 9.48 Å². The zero-order valence-corrected chi connectivity index (χ0v) is 24.5. The van der Waals surface area contributed by atoms with E-state index >= 15 is 0 Å². The molecule has 13 heteroatoms. The first-order chi connectivity index (χ1) is 19.8. The van der Waals surface area contributed by atoms with Crippen LogP contribution in [0.2, 0.25) is 0 Å². The van der Waals surface area contributed by atoms with Crippen LogP contribution in [0.1, 0.15) is 44.9 Å². The summed E-state index contributed by atoms with van der Waals surface area (Å²) in [6.07, 6.45) is 7.12. The molecule has 41 heavy (non-hydrogen) atoms. The van der Waals surface area contributed by atoms with Crippen LogP contribution in [0.4, 0.5) is 0 Å². The molecule has 218 valence electrons. The molecule has 4 aromatic rings. The summed E-state index contributed by atoms with van der Waals surface area (Å²) < 4.78 is 36.5. The number of nitrogens with zero attached hydrogens (tertiary/aromatic N) is 7. The molecule has 0 amide bonds. The number of rotatable bonds is 11. The topological polar surface area (TPSA) is 139 Å². The lowest BCUT2D eigenvalue weighted by atomic mass is 10.1. The molecular weight excluding hydrogens is 544 g/mol. The Hall–Kier alpha value is -3.68. The Kier molecular flexibility index (Phi) is 8.76. The second kappa shape index (κ2) is 12.5. The molecule has 1 N–H and O–H groups in total. The first-order valence-electron chi connectivity index (χ1n) is 14.1. The molecule has 1 saturated heterocycles. The Bertz CT molecular complexity index is 1660. The third-order valence-electron chi connectivity index (χ3n) is 7.22. The lowest BCUT2D eigenvalue weighted by Crippen LogP contribution is -2.48. The van der Waals surface area contributed by atoms with Crippen LogP contribution in [0, 0.1) is 0 Å². The molecular formula is C28H36N8O4S. The predicted molar refractivity (Wildman–Crippen MR) is 155 cm³/mol. The van der Waals surface area contributed by atoms with Gasteiger partial charge in [0, 0.05) is 44.1 Å². The number of hydrogen-bond donors (Lipinski definition) is 1. The van der Waals surface area contributed by atoms with E-state index < -0.39 is 15.6 Å². The van der Waals surface area contributed by atoms with E-state index in [0.29, 0.717) is 62.6 Å². The highest BCUT2D eigenvalue weighted by Gasteiger charge is 2.29. The van der Waals surface area contributed by atoms with Crippen molar-refractivity contribution in [3.63, 3.8) is 0 Å². The lowest BCUT2D eigenvalue weighted by molar-refractivity contribution is 0.196. The zero-order valence-electron chi connectivity index (χ0n) is 23.7. The maximum Gasteiger partial charge on any atom is 0.279 e. The van der Waals surface area contributed by atoms with Crippen molar-refractivity contribution < 1.29 is 13.2 Å². The van der Waals surface area contributed by atoms with Gasteiger partial charge in [0.25, 0.3) is 5.56 Å². The second-order valence-electron chi connectivity index (χ2n) is 10.1. The summed E-state index contributed by atoms with van der Waals surface area (Å²) in [4.78, 5) is 31.6. The Morgan fingerprint density at radius 3 is 2.44 bits per heavy atom. The monoisotopic (exact) mass is 580 g/mol. The Balaban J connectivity index is 1.60. The molecule has 5 rings (SSSR count). The van der Waals surface area contributed by atoms with Crippen LogP contribution >= 0.6 is 0 Å². The number of piperazine rings is 1. The lowest BCUT2D eigenvalue weighted by Gasteiger charge is -2.33. The van der Waals surface area contributed by atoms with Crippen molar-refractivity contribution in [3.8, 4) is 17.1 Å². The molecule has 3 aromatic heterocycles. The minimum atomic E-state index is -3.76. The van der Waals surface area contributed by atoms with Crippen molar-refractivity contribution in [1.29, 1.82) is 0 Å². The maximum atomic E-state index is 13.6. The van der Waals surface area contributed by atoms with Gasteiger partial charge in [-0.05, 0) is 37.6 Å². The summed E-state index contributed by atoms with van der Waals surface area (Å²) in [6.45, 7) is 10.0. The zero-order chi connectivity index (χ0) is 29.0. The fraction of sp³-hybridized carbons (Fsp3) is 0.464. The van der Waals surface area contributed by atoms with Crippen molar-refractivity contribution in [2.45, 2.75) is 51.5 Å². The Labute approximate surface area is 239 Å². The Morgan fingerprint density at radius 2 is 1.76 bits per heavy atom. The van der Waals surface area contributed by atoms with Gasteiger partial charge in [-0.25, -0.2) is 23.4 Å². The number of ether oxygens (including phenoxy) is 1. The average molecular weight is 581 g/mol. The van der Waals surface area contributed by atoms with Crippen molar-refractivity contribution in [3.05, 3.63) is 58.5 Å². The van der Waals surface area contributed by atoms with Crippen LogP contribution in [0.5, 0.6) is 5.75 Å². The van der Waals surface area contributed by atoms with Crippen LogP contribution in [-0.4, -0.2) is 86.7 Å². The van der Waals surface area contributed by atoms with Gasteiger partial charge >= 0.3 is 0 Å². The molecule has 0 radical (unpaired) electrons. The number of hydrogen-bond acceptors (Lipinski definition) is 9. The number of fused-ring (bicyclic) bond motifs is 1. The normalized spacial score (nSPS) is 15.0. The third kappa shape index (κ3) is 6.02. The number of aryl methyl sites for hydroxylation is 1. The van der Waals surface area contributed by atoms with E-state index in [1.807, 2.05) is 13.8 Å². The number of sulfonamides is 1. The average Bonchev–Trinajstić information content (AvgIpc) is 3.33. The molecule has 0 unspecified atom stereocenters. The predicted octanol–water partition coefficient (Wildman–Crippen LogP) is 2.69. The second-order valence-corrected chi connectivity index (χ2v) is 12.0. The van der Waals surface area contributed by atoms with Crippen molar-refractivity contribution in [2.24, 2.45) is 0 Å². The molecule has 0 atom stereocenters. The molecule has 1 aliphatic heterocycles. The highest BCUT2D eigenvalue weighted by Crippen LogP contribution is 2.32. The number of aromatic nitrogens is 6. The molecule has 0 aliphatic carbocycles. The maximum absolute atomic E-state index is 13.6. The number of aromatic amines is 1. The molecule has 12 nitrogen and oxygen atoms in total. The summed E-state index contributed by atoms with van der Waals surface area (Å²) in [6, 6.07) is 4.77. The highest BCUT2D eigenvalue weighted by atomic mass is 32.2. The van der Waals surface area contributed by atoms with Crippen LogP contribution in [-0.2, 0) is 23.0 Å². The summed E-state index contributed by atoms with van der Waals surface area (Å²) in [7, 11) is -3.76. The number of H-pyrrole nitrogens is 1. The summed E-state index contributed by atoms with van der Waals surface area (Å²) in [5.74, 6) is 0.691. The van der Waals surface area contributed by atoms with Gasteiger partial charge in [-0.2, -0.15) is 9.40 Å². The first kappa shape index (κ1) is 28.8. The Morgan fingerprint density at radius 1 is 1.00 bits per heavy atom. The third-order valence-corrected chi connectivity index (χ3v) is 9.11. The van der Waals surface area contributed by atoms with Gasteiger partial charge in [0.05, 0.1) is 29.3 Å². The molecule has 4 heterocycles. The van der Waals surface area contributed by atoms with Crippen LogP contribution in [0.15, 0.2) is 46.6 Å². The SMILES string of the molecule is CCCOc1ccc(S(=O)(=O)N2CCN(CC)CC2)cc1-c1nc2c(CCC)n(Cc3cncnc3)nc2c(=O)[nH]1. The van der Waals surface area contributed by atoms with Crippen molar-refractivity contribution >= 4 is 21.1 Å². The molecule has 1 fully saturated rings. The summed E-state index contributed by atoms with van der Waals surface area (Å²) >= 11 is 0. The minimum absolute atomic E-state index is 0.137. The van der Waals surface area contributed by atoms with Gasteiger partial charge < -0.3 is 14.6 Å². The van der Waals surface area contributed by atoms with Gasteiger partial charge in [0.1, 0.15) is 23.4 Å². The van der Waals surface area contributed by atoms with Crippen LogP contribution in [0.3, 0.4) is 0 Å². The summed E-state index contributed by atoms with van der Waals surface area (Å²) in [5, 5.41) is 4.58. The smallest absolute Gasteiger partial charge is 0.279 e. The summed E-state index contributed by atoms with van der Waals surface area (Å²) in [5.41, 5.74) is 2.37. The minimum Gasteiger partial charge on any atom is -0.493 e. The van der Waals surface area contributed by atoms with Gasteiger partial charge in [-0.15, -0.1) is 0 Å². The van der Waals surface area contributed by atoms with E-state index in [0.717, 1.165) is 30.6 Å². The number of nitrogens with one attached hydrogen (secondary N) is 1. The highest BCUT2D eigenvalue weighted by molar-refractivity contribution is 7.89. The van der Waals surface area contributed by atoms with Crippen molar-refractivity contribution in [1.82, 2.24) is 38.9 Å². The fourth-order valence-corrected chi connectivity index (χ4v) is 6.47. The van der Waals surface area contributed by atoms with E-state index in [2.05, 4.69) is 31.9 Å². The quantitative estimate of drug-likeness (QED) is 0.284. The van der Waals surface area contributed by atoms with Gasteiger partial charge in [0.15, 0.2) is 5.52 Å². The van der Waals surface area contributed by atoms with E-state index in [1.165, 1.54) is 10.6 Å². The number of benzene rings is 1. The molecule has 1 aromatic carbocycles. The largest absolute Gasteiger partial charge is 0.493 e. The van der Waals surface area contributed by atoms with E-state index in [4.69, 9.17) is 9.72 Å². The van der Waals surface area contributed by atoms with Crippen molar-refractivity contribution in [2.75, 3.05) is 39.3 Å². The van der Waals surface area contributed by atoms with Gasteiger partial charge in [-0.1, -0.05) is 27.2 Å². The first-order valence-corrected chi connectivity index (χ1v) is 15.5.